The summed E-state index contributed by atoms with van der Waals surface area (Å²) in [7, 11) is 0. The van der Waals surface area contributed by atoms with Gasteiger partial charge in [0.15, 0.2) is 5.82 Å². The molecule has 0 bridgehead atoms. The highest BCUT2D eigenvalue weighted by atomic mass is 19.4. The molecule has 5 nitrogen and oxygen atoms in total. The number of aliphatic imine (C=N–C) groups is 2. The van der Waals surface area contributed by atoms with Gasteiger partial charge in [-0.3, -0.25) is 5.10 Å². The standard InChI is InChI=1S/C27H36F3N5/c1-7-10-19(8-2)21-11-17(5)23(12-16(21)4)32-24-14-20(9-3)26(22(15-31-24)27(28,29)30)33-25-13-18(6)34-35-25/h11-13,15,19-20H,7-10,14H2,1-6H3,(H2,33,34,35). The maximum absolute atomic E-state index is 14.0. The van der Waals surface area contributed by atoms with Gasteiger partial charge in [-0.1, -0.05) is 33.3 Å². The maximum atomic E-state index is 14.0. The van der Waals surface area contributed by atoms with Gasteiger partial charge in [-0.2, -0.15) is 18.3 Å². The van der Waals surface area contributed by atoms with E-state index in [1.54, 1.807) is 13.0 Å². The second-order valence-electron chi connectivity index (χ2n) is 9.37. The van der Waals surface area contributed by atoms with E-state index in [-0.39, 0.29) is 5.70 Å². The molecule has 0 fully saturated rings. The zero-order chi connectivity index (χ0) is 25.8. The summed E-state index contributed by atoms with van der Waals surface area (Å²) in [6.45, 7) is 12.2. The van der Waals surface area contributed by atoms with Gasteiger partial charge in [0.25, 0.3) is 0 Å². The summed E-state index contributed by atoms with van der Waals surface area (Å²) in [5, 5.41) is 9.74. The number of aromatic amines is 1. The summed E-state index contributed by atoms with van der Waals surface area (Å²) in [5.41, 5.74) is 4.30. The van der Waals surface area contributed by atoms with E-state index in [1.807, 2.05) is 19.9 Å². The van der Waals surface area contributed by atoms with Crippen LogP contribution in [0.2, 0.25) is 0 Å². The number of aryl methyl sites for hydroxylation is 3. The van der Waals surface area contributed by atoms with Crippen molar-refractivity contribution in [3.05, 3.63) is 51.9 Å². The van der Waals surface area contributed by atoms with Gasteiger partial charge in [-0.25, -0.2) is 9.98 Å². The fourth-order valence-electron chi connectivity index (χ4n) is 4.69. The van der Waals surface area contributed by atoms with Crippen molar-refractivity contribution in [2.24, 2.45) is 15.9 Å². The summed E-state index contributed by atoms with van der Waals surface area (Å²) >= 11 is 0. The Morgan fingerprint density at radius 3 is 2.43 bits per heavy atom. The Hall–Kier alpha value is -2.90. The summed E-state index contributed by atoms with van der Waals surface area (Å²) in [5.74, 6) is 0.814. The average molecular weight is 488 g/mol. The number of hydrogen-bond donors (Lipinski definition) is 2. The molecule has 0 spiro atoms. The van der Waals surface area contributed by atoms with Gasteiger partial charge in [0.05, 0.1) is 11.3 Å². The fraction of sp³-hybridized carbons (Fsp3) is 0.519. The van der Waals surface area contributed by atoms with Crippen LogP contribution in [0.5, 0.6) is 0 Å². The van der Waals surface area contributed by atoms with Gasteiger partial charge < -0.3 is 5.32 Å². The van der Waals surface area contributed by atoms with Crippen molar-refractivity contribution in [2.45, 2.75) is 85.7 Å². The first-order valence-corrected chi connectivity index (χ1v) is 12.4. The molecule has 2 atom stereocenters. The number of nitrogens with zero attached hydrogens (tertiary/aromatic N) is 3. The molecule has 2 heterocycles. The van der Waals surface area contributed by atoms with Crippen molar-refractivity contribution >= 4 is 23.6 Å². The number of amidine groups is 1. The van der Waals surface area contributed by atoms with Gasteiger partial charge in [-0.15, -0.1) is 0 Å². The molecule has 1 aliphatic rings. The van der Waals surface area contributed by atoms with E-state index in [2.05, 4.69) is 47.3 Å². The van der Waals surface area contributed by atoms with Crippen molar-refractivity contribution in [2.75, 3.05) is 5.32 Å². The van der Waals surface area contributed by atoms with Crippen LogP contribution >= 0.6 is 0 Å². The normalized spacial score (nSPS) is 18.8. The Bertz CT molecular complexity index is 1120. The highest BCUT2D eigenvalue weighted by Crippen LogP contribution is 2.36. The predicted molar refractivity (Wildman–Crippen MR) is 138 cm³/mol. The molecule has 0 aliphatic carbocycles. The average Bonchev–Trinajstić information content (AvgIpc) is 3.11. The molecular formula is C27H36F3N5. The lowest BCUT2D eigenvalue weighted by molar-refractivity contribution is -0.0866. The number of aromatic nitrogens is 2. The molecule has 0 amide bonds. The van der Waals surface area contributed by atoms with Gasteiger partial charge in [0.1, 0.15) is 5.84 Å². The second-order valence-corrected chi connectivity index (χ2v) is 9.37. The number of halogens is 3. The van der Waals surface area contributed by atoms with E-state index in [9.17, 15) is 13.2 Å². The third-order valence-corrected chi connectivity index (χ3v) is 6.64. The van der Waals surface area contributed by atoms with Crippen LogP contribution in [0, 0.1) is 26.7 Å². The molecule has 2 unspecified atom stereocenters. The van der Waals surface area contributed by atoms with E-state index in [1.165, 1.54) is 5.56 Å². The minimum atomic E-state index is -4.55. The summed E-state index contributed by atoms with van der Waals surface area (Å²) in [6, 6.07) is 5.91. The molecule has 2 aromatic rings. The van der Waals surface area contributed by atoms with Crippen LogP contribution in [0.25, 0.3) is 0 Å². The van der Waals surface area contributed by atoms with Crippen LogP contribution in [0.4, 0.5) is 24.7 Å². The smallest absolute Gasteiger partial charge is 0.341 e. The Kier molecular flexibility index (Phi) is 8.56. The summed E-state index contributed by atoms with van der Waals surface area (Å²) in [4.78, 5) is 8.96. The van der Waals surface area contributed by atoms with Crippen LogP contribution in [0.1, 0.15) is 81.2 Å². The summed E-state index contributed by atoms with van der Waals surface area (Å²) < 4.78 is 42.1. The van der Waals surface area contributed by atoms with E-state index >= 15 is 0 Å². The SMILES string of the molecule is CCCC(CC)c1cc(C)c(N=C2CC(CC)C(Nc3cc(C)[nH]n3)=C(C(F)(F)F)C=N2)cc1C. The number of allylic oxidation sites excluding steroid dienone is 2. The molecular weight excluding hydrogens is 451 g/mol. The van der Waals surface area contributed by atoms with E-state index in [4.69, 9.17) is 4.99 Å². The van der Waals surface area contributed by atoms with Crippen LogP contribution < -0.4 is 5.32 Å². The Labute approximate surface area is 206 Å². The fourth-order valence-corrected chi connectivity index (χ4v) is 4.69. The van der Waals surface area contributed by atoms with Crippen molar-refractivity contribution in [3.63, 3.8) is 0 Å². The summed E-state index contributed by atoms with van der Waals surface area (Å²) in [6.07, 6.45) is 0.471. The number of rotatable bonds is 8. The number of benzene rings is 1. The maximum Gasteiger partial charge on any atom is 0.419 e. The first-order chi connectivity index (χ1) is 16.6. The zero-order valence-corrected chi connectivity index (χ0v) is 21.5. The first-order valence-electron chi connectivity index (χ1n) is 12.4. The number of nitrogens with one attached hydrogen (secondary N) is 2. The lowest BCUT2D eigenvalue weighted by atomic mass is 9.87. The molecule has 3 rings (SSSR count). The quantitative estimate of drug-likeness (QED) is 0.395. The van der Waals surface area contributed by atoms with Gasteiger partial charge >= 0.3 is 6.18 Å². The van der Waals surface area contributed by atoms with Crippen molar-refractivity contribution in [1.82, 2.24) is 10.2 Å². The van der Waals surface area contributed by atoms with E-state index in [0.717, 1.165) is 48.0 Å². The Morgan fingerprint density at radius 2 is 1.86 bits per heavy atom. The van der Waals surface area contributed by atoms with Crippen molar-refractivity contribution in [3.8, 4) is 0 Å². The third-order valence-electron chi connectivity index (χ3n) is 6.64. The van der Waals surface area contributed by atoms with Crippen LogP contribution in [-0.2, 0) is 0 Å². The number of H-pyrrole nitrogens is 1. The second kappa shape index (κ2) is 11.2. The third kappa shape index (κ3) is 6.41. The zero-order valence-electron chi connectivity index (χ0n) is 21.5. The van der Waals surface area contributed by atoms with Crippen LogP contribution in [0.15, 0.2) is 39.5 Å². The number of anilines is 1. The van der Waals surface area contributed by atoms with Crippen LogP contribution in [0.3, 0.4) is 0 Å². The van der Waals surface area contributed by atoms with Gasteiger partial charge in [0.2, 0.25) is 0 Å². The van der Waals surface area contributed by atoms with Gasteiger partial charge in [-0.05, 0) is 68.7 Å². The Balaban J connectivity index is 1.99. The molecule has 1 aromatic carbocycles. The molecule has 190 valence electrons. The monoisotopic (exact) mass is 487 g/mol. The lowest BCUT2D eigenvalue weighted by Crippen LogP contribution is -2.22. The molecule has 0 saturated heterocycles. The highest BCUT2D eigenvalue weighted by molar-refractivity contribution is 5.98. The lowest BCUT2D eigenvalue weighted by Gasteiger charge is -2.21. The molecule has 0 saturated carbocycles. The van der Waals surface area contributed by atoms with Crippen LogP contribution in [-0.4, -0.2) is 28.4 Å². The minimum Gasteiger partial charge on any atom is -0.341 e. The molecule has 8 heteroatoms. The van der Waals surface area contributed by atoms with Gasteiger partial charge in [0, 0.05) is 36.0 Å². The molecule has 0 radical (unpaired) electrons. The minimum absolute atomic E-state index is 0.0778. The van der Waals surface area contributed by atoms with Crippen molar-refractivity contribution < 1.29 is 13.2 Å². The molecule has 35 heavy (non-hydrogen) atoms. The molecule has 1 aromatic heterocycles. The van der Waals surface area contributed by atoms with E-state index in [0.29, 0.717) is 30.4 Å². The number of hydrogen-bond acceptors (Lipinski definition) is 3. The predicted octanol–water partition coefficient (Wildman–Crippen LogP) is 8.09. The number of alkyl halides is 3. The largest absolute Gasteiger partial charge is 0.419 e. The van der Waals surface area contributed by atoms with E-state index < -0.39 is 17.7 Å². The molecule has 2 N–H and O–H groups in total. The van der Waals surface area contributed by atoms with Crippen molar-refractivity contribution in [1.29, 1.82) is 0 Å². The Morgan fingerprint density at radius 1 is 1.11 bits per heavy atom. The topological polar surface area (TPSA) is 65.4 Å². The first kappa shape index (κ1) is 26.7. The molecule has 1 aliphatic heterocycles. The highest BCUT2D eigenvalue weighted by Gasteiger charge is 2.39.